The Morgan fingerprint density at radius 3 is 2.40 bits per heavy atom. The Morgan fingerprint density at radius 2 is 1.90 bits per heavy atom. The average molecular weight is 342 g/mol. The third-order valence-electron chi connectivity index (χ3n) is 4.18. The van der Waals surface area contributed by atoms with Crippen LogP contribution >= 0.6 is 15.9 Å². The van der Waals surface area contributed by atoms with Crippen LogP contribution < -0.4 is 5.32 Å². The molecule has 20 heavy (non-hydrogen) atoms. The average Bonchev–Trinajstić information content (AvgIpc) is 3.15. The molecule has 0 saturated heterocycles. The monoisotopic (exact) mass is 341 g/mol. The van der Waals surface area contributed by atoms with E-state index in [0.717, 1.165) is 18.9 Å². The predicted octanol–water partition coefficient (Wildman–Crippen LogP) is 4.94. The van der Waals surface area contributed by atoms with Gasteiger partial charge >= 0.3 is 0 Å². The molecule has 0 spiro atoms. The fraction of sp³-hybridized carbons (Fsp3) is 0.647. The molecular weight excluding hydrogens is 317 g/mol. The number of hydrogen-bond acceptors (Lipinski definition) is 1. The van der Waals surface area contributed by atoms with E-state index in [4.69, 9.17) is 0 Å². The molecule has 112 valence electrons. The second-order valence-corrected chi connectivity index (χ2v) is 8.31. The number of hydrogen-bond donors (Lipinski definition) is 1. The third-order valence-corrected chi connectivity index (χ3v) is 4.79. The molecule has 1 unspecified atom stereocenters. The molecule has 3 heteroatoms. The van der Waals surface area contributed by atoms with Crippen molar-refractivity contribution in [2.75, 3.05) is 6.54 Å². The van der Waals surface area contributed by atoms with Crippen LogP contribution in [0.2, 0.25) is 0 Å². The largest absolute Gasteiger partial charge is 0.312 e. The zero-order valence-electron chi connectivity index (χ0n) is 12.9. The van der Waals surface area contributed by atoms with Crippen molar-refractivity contribution in [1.29, 1.82) is 0 Å². The van der Waals surface area contributed by atoms with Crippen LogP contribution in [0, 0.1) is 17.2 Å². The first-order valence-electron chi connectivity index (χ1n) is 7.39. The van der Waals surface area contributed by atoms with Gasteiger partial charge in [-0.25, -0.2) is 4.39 Å². The highest BCUT2D eigenvalue weighted by molar-refractivity contribution is 9.10. The fourth-order valence-corrected chi connectivity index (χ4v) is 3.14. The minimum atomic E-state index is -0.185. The van der Waals surface area contributed by atoms with Gasteiger partial charge < -0.3 is 5.32 Å². The SMILES string of the molecule is CC(C)(C)NCC(C)(Cc1ccc(F)c(Br)c1)C1CC1. The van der Waals surface area contributed by atoms with E-state index in [0.29, 0.717) is 4.47 Å². The summed E-state index contributed by atoms with van der Waals surface area (Å²) in [6.07, 6.45) is 3.65. The van der Waals surface area contributed by atoms with Gasteiger partial charge in [0.2, 0.25) is 0 Å². The number of nitrogens with one attached hydrogen (secondary N) is 1. The third kappa shape index (κ3) is 4.29. The maximum Gasteiger partial charge on any atom is 0.137 e. The molecule has 0 radical (unpaired) electrons. The van der Waals surface area contributed by atoms with Crippen LogP contribution in [0.25, 0.3) is 0 Å². The molecule has 1 aliphatic carbocycles. The topological polar surface area (TPSA) is 12.0 Å². The molecule has 1 N–H and O–H groups in total. The van der Waals surface area contributed by atoms with Gasteiger partial charge in [0.15, 0.2) is 0 Å². The first-order chi connectivity index (χ1) is 9.20. The van der Waals surface area contributed by atoms with Crippen molar-refractivity contribution in [3.63, 3.8) is 0 Å². The Kier molecular flexibility index (Phi) is 4.60. The second kappa shape index (κ2) is 5.76. The van der Waals surface area contributed by atoms with E-state index in [9.17, 15) is 4.39 Å². The highest BCUT2D eigenvalue weighted by Gasteiger charge is 2.41. The quantitative estimate of drug-likeness (QED) is 0.800. The van der Waals surface area contributed by atoms with Gasteiger partial charge in [0.25, 0.3) is 0 Å². The molecular formula is C17H25BrFN. The molecule has 1 nitrogen and oxygen atoms in total. The van der Waals surface area contributed by atoms with Crippen molar-refractivity contribution in [2.24, 2.45) is 11.3 Å². The normalized spacial score (nSPS) is 18.9. The molecule has 0 heterocycles. The molecule has 0 bridgehead atoms. The molecule has 1 aromatic rings. The Labute approximate surface area is 130 Å². The maximum atomic E-state index is 13.3. The van der Waals surface area contributed by atoms with E-state index in [1.807, 2.05) is 12.1 Å². The highest BCUT2D eigenvalue weighted by Crippen LogP contribution is 2.47. The summed E-state index contributed by atoms with van der Waals surface area (Å²) < 4.78 is 13.9. The molecule has 2 rings (SSSR count). The number of benzene rings is 1. The van der Waals surface area contributed by atoms with Crippen molar-refractivity contribution in [3.05, 3.63) is 34.1 Å². The van der Waals surface area contributed by atoms with Crippen molar-refractivity contribution >= 4 is 15.9 Å². The second-order valence-electron chi connectivity index (χ2n) is 7.46. The van der Waals surface area contributed by atoms with Crippen LogP contribution in [0.3, 0.4) is 0 Å². The predicted molar refractivity (Wildman–Crippen MR) is 86.4 cm³/mol. The Balaban J connectivity index is 2.10. The number of halogens is 2. The van der Waals surface area contributed by atoms with Gasteiger partial charge in [-0.2, -0.15) is 0 Å². The first kappa shape index (κ1) is 16.0. The van der Waals surface area contributed by atoms with Gasteiger partial charge in [-0.1, -0.05) is 13.0 Å². The Bertz CT molecular complexity index is 476. The van der Waals surface area contributed by atoms with Gasteiger partial charge in [0.1, 0.15) is 5.82 Å². The smallest absolute Gasteiger partial charge is 0.137 e. The van der Waals surface area contributed by atoms with E-state index in [2.05, 4.69) is 48.9 Å². The first-order valence-corrected chi connectivity index (χ1v) is 8.18. The molecule has 0 aromatic heterocycles. The van der Waals surface area contributed by atoms with E-state index >= 15 is 0 Å². The zero-order chi connectivity index (χ0) is 15.0. The summed E-state index contributed by atoms with van der Waals surface area (Å²) in [6.45, 7) is 9.98. The summed E-state index contributed by atoms with van der Waals surface area (Å²) in [7, 11) is 0. The van der Waals surface area contributed by atoms with Crippen molar-refractivity contribution < 1.29 is 4.39 Å². The van der Waals surface area contributed by atoms with E-state index < -0.39 is 0 Å². The van der Waals surface area contributed by atoms with Crippen LogP contribution in [0.4, 0.5) is 4.39 Å². The van der Waals surface area contributed by atoms with E-state index in [-0.39, 0.29) is 16.8 Å². The highest BCUT2D eigenvalue weighted by atomic mass is 79.9. The summed E-state index contributed by atoms with van der Waals surface area (Å²) in [5, 5.41) is 3.64. The minimum Gasteiger partial charge on any atom is -0.312 e. The summed E-state index contributed by atoms with van der Waals surface area (Å²) in [6, 6.07) is 5.40. The molecule has 1 fully saturated rings. The van der Waals surface area contributed by atoms with Crippen LogP contribution in [0.1, 0.15) is 46.1 Å². The number of rotatable bonds is 5. The lowest BCUT2D eigenvalue weighted by Gasteiger charge is -2.34. The van der Waals surface area contributed by atoms with Crippen molar-refractivity contribution in [2.45, 2.75) is 52.5 Å². The van der Waals surface area contributed by atoms with E-state index in [1.54, 1.807) is 6.07 Å². The lowest BCUT2D eigenvalue weighted by molar-refractivity contribution is 0.227. The molecule has 1 atom stereocenters. The lowest BCUT2D eigenvalue weighted by Crippen LogP contribution is -2.44. The van der Waals surface area contributed by atoms with Crippen molar-refractivity contribution in [3.8, 4) is 0 Å². The minimum absolute atomic E-state index is 0.138. The summed E-state index contributed by atoms with van der Waals surface area (Å²) >= 11 is 3.29. The van der Waals surface area contributed by atoms with Gasteiger partial charge in [-0.15, -0.1) is 0 Å². The van der Waals surface area contributed by atoms with Crippen LogP contribution in [0.5, 0.6) is 0 Å². The summed E-state index contributed by atoms with van der Waals surface area (Å²) in [5.41, 5.74) is 1.60. The Morgan fingerprint density at radius 1 is 1.25 bits per heavy atom. The fourth-order valence-electron chi connectivity index (χ4n) is 2.71. The van der Waals surface area contributed by atoms with Crippen LogP contribution in [-0.2, 0) is 6.42 Å². The molecule has 0 aliphatic heterocycles. The summed E-state index contributed by atoms with van der Waals surface area (Å²) in [4.78, 5) is 0. The lowest BCUT2D eigenvalue weighted by atomic mass is 9.78. The van der Waals surface area contributed by atoms with Gasteiger partial charge in [0.05, 0.1) is 4.47 Å². The van der Waals surface area contributed by atoms with Gasteiger partial charge in [0, 0.05) is 12.1 Å². The molecule has 0 amide bonds. The van der Waals surface area contributed by atoms with Crippen LogP contribution in [-0.4, -0.2) is 12.1 Å². The van der Waals surface area contributed by atoms with E-state index in [1.165, 1.54) is 18.4 Å². The molecule has 1 saturated carbocycles. The maximum absolute atomic E-state index is 13.3. The van der Waals surface area contributed by atoms with Crippen LogP contribution in [0.15, 0.2) is 22.7 Å². The molecule has 1 aromatic carbocycles. The van der Waals surface area contributed by atoms with Gasteiger partial charge in [-0.05, 0) is 85.0 Å². The zero-order valence-corrected chi connectivity index (χ0v) is 14.5. The molecule has 1 aliphatic rings. The van der Waals surface area contributed by atoms with Crippen molar-refractivity contribution in [1.82, 2.24) is 5.32 Å². The Hall–Kier alpha value is -0.410. The standard InChI is InChI=1S/C17H25BrFN/c1-16(2,3)20-11-17(4,13-6-7-13)10-12-5-8-15(19)14(18)9-12/h5,8-9,13,20H,6-7,10-11H2,1-4H3. The van der Waals surface area contributed by atoms with Gasteiger partial charge in [-0.3, -0.25) is 0 Å². The summed E-state index contributed by atoms with van der Waals surface area (Å²) in [5.74, 6) is 0.607.